The number of piperidine rings is 1. The first kappa shape index (κ1) is 25.9. The third-order valence-corrected chi connectivity index (χ3v) is 7.44. The normalized spacial score (nSPS) is 17.2. The molecule has 2 aliphatic rings. The van der Waals surface area contributed by atoms with E-state index in [2.05, 4.69) is 35.8 Å². The Hall–Kier alpha value is -1.75. The van der Waals surface area contributed by atoms with Gasteiger partial charge in [-0.15, -0.1) is 0 Å². The van der Waals surface area contributed by atoms with Crippen molar-refractivity contribution in [2.75, 3.05) is 38.2 Å². The number of aryl methyl sites for hydroxylation is 2. The topological polar surface area (TPSA) is 32.8 Å². The van der Waals surface area contributed by atoms with Crippen molar-refractivity contribution in [3.63, 3.8) is 0 Å². The van der Waals surface area contributed by atoms with Crippen LogP contribution in [0.5, 0.6) is 0 Å². The van der Waals surface area contributed by atoms with Crippen LogP contribution in [-0.4, -0.2) is 44.2 Å². The summed E-state index contributed by atoms with van der Waals surface area (Å²) in [6.45, 7) is 13.1. The van der Waals surface area contributed by atoms with Gasteiger partial charge in [-0.3, -0.25) is 9.69 Å². The summed E-state index contributed by atoms with van der Waals surface area (Å²) in [4.78, 5) is 16.5. The van der Waals surface area contributed by atoms with Crippen LogP contribution in [0.15, 0.2) is 30.3 Å². The number of likely N-dealkylation sites (tertiary alicyclic amines) is 1. The lowest BCUT2D eigenvalue weighted by Gasteiger charge is -2.42. The number of rotatable bonds is 5. The summed E-state index contributed by atoms with van der Waals surface area (Å²) in [5.41, 5.74) is 6.44. The number of esters is 1. The lowest BCUT2D eigenvalue weighted by molar-refractivity contribution is -0.147. The molecule has 0 atom stereocenters. The molecule has 0 unspecified atom stereocenters. The number of hydrogen-bond acceptors (Lipinski definition) is 4. The minimum absolute atomic E-state index is 0.0546. The fraction of sp³-hybridized carbons (Fsp3) is 0.519. The van der Waals surface area contributed by atoms with E-state index in [0.717, 1.165) is 51.3 Å². The summed E-state index contributed by atoms with van der Waals surface area (Å²) in [5, 5.41) is 1.43. The number of ether oxygens (including phenoxy) is 1. The number of halogens is 2. The number of carbonyl (C=O) groups is 1. The Morgan fingerprint density at radius 1 is 1.03 bits per heavy atom. The quantitative estimate of drug-likeness (QED) is 0.440. The van der Waals surface area contributed by atoms with Gasteiger partial charge in [-0.25, -0.2) is 0 Å². The fourth-order valence-electron chi connectivity index (χ4n) is 4.89. The minimum atomic E-state index is -0.0658. The van der Waals surface area contributed by atoms with Crippen molar-refractivity contribution in [1.82, 2.24) is 4.90 Å². The molecule has 0 saturated carbocycles. The standard InChI is InChI=1S/C25H30Cl2N2O2.C2H6/c1-16-11-19(20-13-29(14-20)24-22(26)5-4-6-23(24)27)12-17(2)21(16)15-28-9-7-18(8-10-28)25(30)31-3;1-2/h4-6,11-12,18,20H,7-10,13-15H2,1-3H3;1-2H3. The maximum absolute atomic E-state index is 11.8. The summed E-state index contributed by atoms with van der Waals surface area (Å²) in [7, 11) is 1.48. The van der Waals surface area contributed by atoms with Crippen LogP contribution in [-0.2, 0) is 16.1 Å². The Morgan fingerprint density at radius 2 is 1.58 bits per heavy atom. The fourth-order valence-corrected chi connectivity index (χ4v) is 5.53. The van der Waals surface area contributed by atoms with Crippen molar-refractivity contribution < 1.29 is 9.53 Å². The molecule has 6 heteroatoms. The van der Waals surface area contributed by atoms with E-state index in [1.165, 1.54) is 29.4 Å². The van der Waals surface area contributed by atoms with Crippen molar-refractivity contribution >= 4 is 34.9 Å². The number of carbonyl (C=O) groups excluding carboxylic acids is 1. The molecule has 4 nitrogen and oxygen atoms in total. The number of anilines is 1. The molecule has 0 spiro atoms. The predicted molar refractivity (Wildman–Crippen MR) is 139 cm³/mol. The van der Waals surface area contributed by atoms with E-state index in [4.69, 9.17) is 27.9 Å². The molecule has 0 N–H and O–H groups in total. The Balaban J connectivity index is 0.00000149. The van der Waals surface area contributed by atoms with Crippen molar-refractivity contribution in [3.8, 4) is 0 Å². The number of hydrogen-bond donors (Lipinski definition) is 0. The molecule has 33 heavy (non-hydrogen) atoms. The second kappa shape index (κ2) is 11.6. The number of nitrogens with zero attached hydrogens (tertiary/aromatic N) is 2. The van der Waals surface area contributed by atoms with Gasteiger partial charge >= 0.3 is 5.97 Å². The van der Waals surface area contributed by atoms with Gasteiger partial charge in [-0.1, -0.05) is 55.2 Å². The van der Waals surface area contributed by atoms with E-state index in [0.29, 0.717) is 16.0 Å². The van der Waals surface area contributed by atoms with Crippen LogP contribution in [0.1, 0.15) is 54.9 Å². The molecule has 2 saturated heterocycles. The number of benzene rings is 2. The average molecular weight is 492 g/mol. The van der Waals surface area contributed by atoms with E-state index in [1.807, 2.05) is 32.0 Å². The summed E-state index contributed by atoms with van der Waals surface area (Å²) < 4.78 is 4.91. The zero-order valence-corrected chi connectivity index (χ0v) is 22.0. The van der Waals surface area contributed by atoms with Gasteiger partial charge < -0.3 is 9.64 Å². The summed E-state index contributed by atoms with van der Waals surface area (Å²) >= 11 is 12.7. The van der Waals surface area contributed by atoms with Gasteiger partial charge in [-0.2, -0.15) is 0 Å². The first-order valence-electron chi connectivity index (χ1n) is 12.0. The maximum atomic E-state index is 11.8. The highest BCUT2D eigenvalue weighted by atomic mass is 35.5. The lowest BCUT2D eigenvalue weighted by Crippen LogP contribution is -2.45. The van der Waals surface area contributed by atoms with Crippen LogP contribution >= 0.6 is 23.2 Å². The van der Waals surface area contributed by atoms with Crippen LogP contribution in [0.25, 0.3) is 0 Å². The average Bonchev–Trinajstić information content (AvgIpc) is 2.78. The molecule has 0 aromatic heterocycles. The smallest absolute Gasteiger partial charge is 0.308 e. The lowest BCUT2D eigenvalue weighted by atomic mass is 9.86. The second-order valence-corrected chi connectivity index (χ2v) is 9.69. The first-order chi connectivity index (χ1) is 15.9. The largest absolute Gasteiger partial charge is 0.469 e. The van der Waals surface area contributed by atoms with Crippen molar-refractivity contribution in [2.45, 2.75) is 53.0 Å². The molecule has 0 radical (unpaired) electrons. The predicted octanol–water partition coefficient (Wildman–Crippen LogP) is 6.63. The van der Waals surface area contributed by atoms with E-state index in [-0.39, 0.29) is 11.9 Å². The van der Waals surface area contributed by atoms with Crippen LogP contribution in [0.3, 0.4) is 0 Å². The Kier molecular flexibility index (Phi) is 9.09. The molecule has 0 amide bonds. The number of methoxy groups -OCH3 is 1. The summed E-state index contributed by atoms with van der Waals surface area (Å²) in [6, 6.07) is 10.4. The van der Waals surface area contributed by atoms with Crippen LogP contribution in [0.2, 0.25) is 10.0 Å². The monoisotopic (exact) mass is 490 g/mol. The van der Waals surface area contributed by atoms with E-state index in [1.54, 1.807) is 0 Å². The van der Waals surface area contributed by atoms with Gasteiger partial charge in [0.1, 0.15) is 0 Å². The molecule has 4 rings (SSSR count). The molecule has 2 heterocycles. The minimum Gasteiger partial charge on any atom is -0.469 e. The van der Waals surface area contributed by atoms with Gasteiger partial charge in [-0.05, 0) is 74.2 Å². The molecule has 2 aromatic carbocycles. The SMILES string of the molecule is CC.COC(=O)C1CCN(Cc2c(C)cc(C3CN(c4c(Cl)cccc4Cl)C3)cc2C)CC1. The van der Waals surface area contributed by atoms with Crippen molar-refractivity contribution in [2.24, 2.45) is 5.92 Å². The molecule has 0 aliphatic carbocycles. The third kappa shape index (κ3) is 5.85. The molecular formula is C27H36Cl2N2O2. The molecule has 2 fully saturated rings. The van der Waals surface area contributed by atoms with Crippen molar-refractivity contribution in [1.29, 1.82) is 0 Å². The van der Waals surface area contributed by atoms with E-state index >= 15 is 0 Å². The van der Waals surface area contributed by atoms with Crippen LogP contribution in [0, 0.1) is 19.8 Å². The molecule has 180 valence electrons. The second-order valence-electron chi connectivity index (χ2n) is 8.88. The van der Waals surface area contributed by atoms with E-state index in [9.17, 15) is 4.79 Å². The highest BCUT2D eigenvalue weighted by molar-refractivity contribution is 6.39. The Morgan fingerprint density at radius 3 is 2.09 bits per heavy atom. The highest BCUT2D eigenvalue weighted by Gasteiger charge is 2.31. The number of para-hydroxylation sites is 1. The van der Waals surface area contributed by atoms with Gasteiger partial charge in [0.15, 0.2) is 0 Å². The third-order valence-electron chi connectivity index (χ3n) is 6.83. The molecular weight excluding hydrogens is 455 g/mol. The van der Waals surface area contributed by atoms with E-state index < -0.39 is 0 Å². The molecule has 2 aromatic rings. The Labute approximate surface area is 208 Å². The highest BCUT2D eigenvalue weighted by Crippen LogP contribution is 2.40. The zero-order chi connectivity index (χ0) is 24.1. The zero-order valence-electron chi connectivity index (χ0n) is 20.5. The van der Waals surface area contributed by atoms with Gasteiger partial charge in [0, 0.05) is 25.6 Å². The van der Waals surface area contributed by atoms with Crippen LogP contribution < -0.4 is 4.90 Å². The maximum Gasteiger partial charge on any atom is 0.308 e. The summed E-state index contributed by atoms with van der Waals surface area (Å²) in [5.74, 6) is 0.484. The van der Waals surface area contributed by atoms with Gasteiger partial charge in [0.25, 0.3) is 0 Å². The van der Waals surface area contributed by atoms with Crippen LogP contribution in [0.4, 0.5) is 5.69 Å². The molecule has 0 bridgehead atoms. The molecule has 2 aliphatic heterocycles. The first-order valence-corrected chi connectivity index (χ1v) is 12.7. The van der Waals surface area contributed by atoms with Gasteiger partial charge in [0.05, 0.1) is 28.8 Å². The van der Waals surface area contributed by atoms with Gasteiger partial charge in [0.2, 0.25) is 0 Å². The van der Waals surface area contributed by atoms with Crippen molar-refractivity contribution in [3.05, 3.63) is 62.6 Å². The summed E-state index contributed by atoms with van der Waals surface area (Å²) in [6.07, 6.45) is 1.76. The Bertz CT molecular complexity index is 921.